The molecule has 2 atom stereocenters. The van der Waals surface area contributed by atoms with Gasteiger partial charge in [-0.1, -0.05) is 163 Å². The normalized spacial score (nSPS) is 12.9. The summed E-state index contributed by atoms with van der Waals surface area (Å²) in [5.41, 5.74) is 0. The van der Waals surface area contributed by atoms with Crippen molar-refractivity contribution in [2.45, 2.75) is 265 Å². The Hall–Kier alpha value is -1.19. The number of hydrogen-bond acceptors (Lipinski definition) is 7. The van der Waals surface area contributed by atoms with Crippen LogP contribution in [0.25, 0.3) is 0 Å². The van der Waals surface area contributed by atoms with Crippen LogP contribution in [0.2, 0.25) is 0 Å². The highest BCUT2D eigenvalue weighted by molar-refractivity contribution is 7.88. The molecule has 57 heavy (non-hydrogen) atoms. The predicted octanol–water partition coefficient (Wildman–Crippen LogP) is 13.4. The first-order chi connectivity index (χ1) is 27.6. The number of nitrogens with one attached hydrogen (secondary N) is 1. The molecule has 0 rings (SSSR count). The molecule has 0 amide bonds. The fourth-order valence-electron chi connectivity index (χ4n) is 7.78. The number of ether oxygens (including phenoxy) is 2. The van der Waals surface area contributed by atoms with Gasteiger partial charge in [0.1, 0.15) is 12.2 Å². The molecule has 9 heteroatoms. The van der Waals surface area contributed by atoms with Crippen LogP contribution in [0, 0.1) is 0 Å². The first kappa shape index (κ1) is 55.8. The SMILES string of the molecule is CCCCCCCCC(CCC)OC(=O)CCCCCCCN(CCCCCCCC(=O)OC(CCCCCCC)CCCCCCCC)CCCNS(C)(=O)=O. The summed E-state index contributed by atoms with van der Waals surface area (Å²) >= 11 is 0. The average molecular weight is 829 g/mol. The predicted molar refractivity (Wildman–Crippen MR) is 243 cm³/mol. The lowest BCUT2D eigenvalue weighted by molar-refractivity contribution is -0.151. The molecule has 0 aliphatic rings. The van der Waals surface area contributed by atoms with Gasteiger partial charge in [0.2, 0.25) is 10.0 Å². The van der Waals surface area contributed by atoms with Crippen molar-refractivity contribution in [3.63, 3.8) is 0 Å². The minimum absolute atomic E-state index is 0.00670. The van der Waals surface area contributed by atoms with E-state index in [0.29, 0.717) is 19.4 Å². The summed E-state index contributed by atoms with van der Waals surface area (Å²) in [5, 5.41) is 0. The summed E-state index contributed by atoms with van der Waals surface area (Å²) in [7, 11) is -3.17. The Kier molecular flexibility index (Phi) is 40.7. The summed E-state index contributed by atoms with van der Waals surface area (Å²) < 4.78 is 37.6. The number of esters is 2. The van der Waals surface area contributed by atoms with E-state index in [9.17, 15) is 18.0 Å². The summed E-state index contributed by atoms with van der Waals surface area (Å²) in [6.07, 6.45) is 40.4. The lowest BCUT2D eigenvalue weighted by atomic mass is 10.0. The van der Waals surface area contributed by atoms with Gasteiger partial charge >= 0.3 is 11.9 Å². The smallest absolute Gasteiger partial charge is 0.306 e. The Balaban J connectivity index is 4.43. The number of carbonyl (C=O) groups is 2. The third kappa shape index (κ3) is 41.3. The summed E-state index contributed by atoms with van der Waals surface area (Å²) in [4.78, 5) is 27.8. The van der Waals surface area contributed by atoms with Gasteiger partial charge in [-0.05, 0) is 96.7 Å². The Morgan fingerprint density at radius 3 is 1.16 bits per heavy atom. The maximum atomic E-state index is 12.8. The lowest BCUT2D eigenvalue weighted by Crippen LogP contribution is -2.31. The van der Waals surface area contributed by atoms with Gasteiger partial charge in [0.15, 0.2) is 0 Å². The molecule has 0 bridgehead atoms. The van der Waals surface area contributed by atoms with E-state index in [0.717, 1.165) is 135 Å². The van der Waals surface area contributed by atoms with Crippen LogP contribution in [0.3, 0.4) is 0 Å². The molecule has 0 saturated carbocycles. The molecule has 2 unspecified atom stereocenters. The van der Waals surface area contributed by atoms with Crippen molar-refractivity contribution in [1.82, 2.24) is 9.62 Å². The molecule has 0 spiro atoms. The van der Waals surface area contributed by atoms with Crippen LogP contribution in [0.1, 0.15) is 252 Å². The molecule has 1 N–H and O–H groups in total. The Labute approximate surface area is 355 Å². The summed E-state index contributed by atoms with van der Waals surface area (Å²) in [6.45, 7) is 12.3. The Morgan fingerprint density at radius 1 is 0.439 bits per heavy atom. The van der Waals surface area contributed by atoms with Gasteiger partial charge in [0, 0.05) is 19.4 Å². The second-order valence-electron chi connectivity index (χ2n) is 17.2. The van der Waals surface area contributed by atoms with Gasteiger partial charge < -0.3 is 14.4 Å². The highest BCUT2D eigenvalue weighted by Gasteiger charge is 2.15. The molecule has 0 heterocycles. The molecule has 0 aromatic heterocycles. The number of hydrogen-bond donors (Lipinski definition) is 1. The van der Waals surface area contributed by atoms with Crippen molar-refractivity contribution in [2.24, 2.45) is 0 Å². The average Bonchev–Trinajstić information content (AvgIpc) is 3.17. The molecule has 0 aliphatic carbocycles. The zero-order chi connectivity index (χ0) is 42.1. The molecule has 8 nitrogen and oxygen atoms in total. The lowest BCUT2D eigenvalue weighted by Gasteiger charge is -2.22. The van der Waals surface area contributed by atoms with Gasteiger partial charge in [-0.25, -0.2) is 13.1 Å². The number of unbranched alkanes of at least 4 members (excludes halogenated alkanes) is 22. The molecule has 0 aromatic carbocycles. The quantitative estimate of drug-likeness (QED) is 0.0482. The zero-order valence-corrected chi connectivity index (χ0v) is 39.4. The highest BCUT2D eigenvalue weighted by atomic mass is 32.2. The van der Waals surface area contributed by atoms with Crippen molar-refractivity contribution in [2.75, 3.05) is 32.4 Å². The van der Waals surface area contributed by atoms with Crippen LogP contribution in [-0.2, 0) is 29.1 Å². The minimum Gasteiger partial charge on any atom is -0.462 e. The fraction of sp³-hybridized carbons (Fsp3) is 0.958. The molecular weight excluding hydrogens is 733 g/mol. The fourth-order valence-corrected chi connectivity index (χ4v) is 8.30. The van der Waals surface area contributed by atoms with Gasteiger partial charge in [-0.2, -0.15) is 0 Å². The van der Waals surface area contributed by atoms with Crippen molar-refractivity contribution >= 4 is 22.0 Å². The van der Waals surface area contributed by atoms with E-state index < -0.39 is 10.0 Å². The van der Waals surface area contributed by atoms with Crippen LogP contribution >= 0.6 is 0 Å². The Morgan fingerprint density at radius 2 is 0.772 bits per heavy atom. The molecule has 0 fully saturated rings. The van der Waals surface area contributed by atoms with E-state index in [-0.39, 0.29) is 24.1 Å². The van der Waals surface area contributed by atoms with Crippen LogP contribution in [-0.4, -0.2) is 69.9 Å². The maximum Gasteiger partial charge on any atom is 0.306 e. The van der Waals surface area contributed by atoms with Gasteiger partial charge in [-0.15, -0.1) is 0 Å². The topological polar surface area (TPSA) is 102 Å². The van der Waals surface area contributed by atoms with Crippen LogP contribution in [0.5, 0.6) is 0 Å². The number of carbonyl (C=O) groups excluding carboxylic acids is 2. The van der Waals surface area contributed by atoms with Crippen molar-refractivity contribution < 1.29 is 27.5 Å². The summed E-state index contributed by atoms with van der Waals surface area (Å²) in [5.74, 6) is -0.0306. The largest absolute Gasteiger partial charge is 0.462 e. The first-order valence-corrected chi connectivity index (χ1v) is 26.6. The number of rotatable bonds is 45. The third-order valence-electron chi connectivity index (χ3n) is 11.3. The number of sulfonamides is 1. The van der Waals surface area contributed by atoms with Crippen molar-refractivity contribution in [1.29, 1.82) is 0 Å². The second-order valence-corrected chi connectivity index (χ2v) is 19.1. The van der Waals surface area contributed by atoms with Crippen molar-refractivity contribution in [3.8, 4) is 0 Å². The molecule has 0 aromatic rings. The standard InChI is InChI=1S/C48H96N2O6S/c1-6-10-13-16-21-28-36-45(35-9-4)55-47(51)39-30-23-18-25-32-42-50(44-34-41-49-57(5,53)54)43-33-26-19-24-31-40-48(52)56-46(37-27-20-15-12-8-3)38-29-22-17-14-11-7-2/h45-46,49H,6-44H2,1-5H3. The van der Waals surface area contributed by atoms with Crippen LogP contribution < -0.4 is 4.72 Å². The second kappa shape index (κ2) is 41.5. The van der Waals surface area contributed by atoms with E-state index in [4.69, 9.17) is 9.47 Å². The monoisotopic (exact) mass is 829 g/mol. The minimum atomic E-state index is -3.17. The first-order valence-electron chi connectivity index (χ1n) is 24.7. The van der Waals surface area contributed by atoms with Gasteiger partial charge in [0.25, 0.3) is 0 Å². The van der Waals surface area contributed by atoms with Crippen LogP contribution in [0.15, 0.2) is 0 Å². The molecule has 340 valence electrons. The maximum absolute atomic E-state index is 12.8. The van der Waals surface area contributed by atoms with E-state index >= 15 is 0 Å². The van der Waals surface area contributed by atoms with Gasteiger partial charge in [0.05, 0.1) is 6.26 Å². The van der Waals surface area contributed by atoms with E-state index in [1.807, 2.05) is 0 Å². The highest BCUT2D eigenvalue weighted by Crippen LogP contribution is 2.19. The van der Waals surface area contributed by atoms with Crippen LogP contribution in [0.4, 0.5) is 0 Å². The molecule has 0 saturated heterocycles. The van der Waals surface area contributed by atoms with E-state index in [2.05, 4.69) is 37.3 Å². The molecular formula is C48H96N2O6S. The molecule has 0 aliphatic heterocycles. The number of nitrogens with zero attached hydrogens (tertiary/aromatic N) is 1. The molecule has 0 radical (unpaired) electrons. The van der Waals surface area contributed by atoms with E-state index in [1.54, 1.807) is 0 Å². The Bertz CT molecular complexity index is 993. The zero-order valence-electron chi connectivity index (χ0n) is 38.5. The van der Waals surface area contributed by atoms with Gasteiger partial charge in [-0.3, -0.25) is 9.59 Å². The summed E-state index contributed by atoms with van der Waals surface area (Å²) in [6, 6.07) is 0. The van der Waals surface area contributed by atoms with E-state index in [1.165, 1.54) is 103 Å². The van der Waals surface area contributed by atoms with Crippen molar-refractivity contribution in [3.05, 3.63) is 0 Å². The third-order valence-corrected chi connectivity index (χ3v) is 12.1.